The minimum absolute atomic E-state index is 0.0649. The normalized spacial score (nSPS) is 10.7. The number of nitrogen functional groups attached to an aromatic ring is 1. The summed E-state index contributed by atoms with van der Waals surface area (Å²) in [6, 6.07) is 7.27. The van der Waals surface area contributed by atoms with Crippen molar-refractivity contribution in [2.45, 2.75) is 33.1 Å². The van der Waals surface area contributed by atoms with E-state index in [2.05, 4.69) is 19.2 Å². The van der Waals surface area contributed by atoms with Crippen molar-refractivity contribution in [1.82, 2.24) is 0 Å². The van der Waals surface area contributed by atoms with Crippen LogP contribution in [0.1, 0.15) is 33.1 Å². The Morgan fingerprint density at radius 3 is 2.84 bits per heavy atom. The second-order valence-corrected chi connectivity index (χ2v) is 6.30. The van der Waals surface area contributed by atoms with Gasteiger partial charge < -0.3 is 11.1 Å². The second-order valence-electron chi connectivity index (χ2n) is 5.07. The highest BCUT2D eigenvalue weighted by Gasteiger charge is 2.02. The summed E-state index contributed by atoms with van der Waals surface area (Å²) in [7, 11) is 0. The van der Waals surface area contributed by atoms with Crippen LogP contribution in [0.2, 0.25) is 0 Å². The molecule has 0 aliphatic carbocycles. The first kappa shape index (κ1) is 15.9. The first-order chi connectivity index (χ1) is 9.08. The molecule has 0 radical (unpaired) electrons. The van der Waals surface area contributed by atoms with Crippen molar-refractivity contribution >= 4 is 29.0 Å². The molecule has 0 unspecified atom stereocenters. The Morgan fingerprint density at radius 1 is 1.37 bits per heavy atom. The molecule has 0 saturated heterocycles. The number of carbonyl (C=O) groups is 1. The van der Waals surface area contributed by atoms with Gasteiger partial charge in [0.25, 0.3) is 0 Å². The fraction of sp³-hybridized carbons (Fsp3) is 0.533. The molecule has 1 rings (SSSR count). The molecular weight excluding hydrogens is 256 g/mol. The third-order valence-corrected chi connectivity index (χ3v) is 3.80. The maximum absolute atomic E-state index is 11.7. The fourth-order valence-electron chi connectivity index (χ4n) is 1.60. The van der Waals surface area contributed by atoms with Crippen LogP contribution in [0.5, 0.6) is 0 Å². The Morgan fingerprint density at radius 2 is 2.16 bits per heavy atom. The molecule has 0 fully saturated rings. The lowest BCUT2D eigenvalue weighted by molar-refractivity contribution is -0.116. The number of benzene rings is 1. The molecule has 0 saturated carbocycles. The van der Waals surface area contributed by atoms with E-state index < -0.39 is 0 Å². The minimum Gasteiger partial charge on any atom is -0.399 e. The van der Waals surface area contributed by atoms with E-state index >= 15 is 0 Å². The zero-order chi connectivity index (χ0) is 14.1. The summed E-state index contributed by atoms with van der Waals surface area (Å²) in [5.74, 6) is 3.07. The highest BCUT2D eigenvalue weighted by molar-refractivity contribution is 7.99. The molecule has 0 spiro atoms. The molecule has 0 aliphatic rings. The van der Waals surface area contributed by atoms with Crippen LogP contribution in [0, 0.1) is 5.92 Å². The van der Waals surface area contributed by atoms with Crippen LogP contribution in [0.25, 0.3) is 0 Å². The third kappa shape index (κ3) is 7.78. The summed E-state index contributed by atoms with van der Waals surface area (Å²) in [6.45, 7) is 4.47. The van der Waals surface area contributed by atoms with Crippen LogP contribution in [0.15, 0.2) is 24.3 Å². The number of nitrogens with one attached hydrogen (secondary N) is 1. The largest absolute Gasteiger partial charge is 0.399 e. The summed E-state index contributed by atoms with van der Waals surface area (Å²) in [6.07, 6.45) is 2.75. The van der Waals surface area contributed by atoms with Crippen molar-refractivity contribution in [1.29, 1.82) is 0 Å². The average Bonchev–Trinajstić information content (AvgIpc) is 2.33. The molecule has 3 N–H and O–H groups in total. The van der Waals surface area contributed by atoms with E-state index in [0.29, 0.717) is 12.1 Å². The summed E-state index contributed by atoms with van der Waals surface area (Å²) in [5, 5.41) is 2.86. The lowest BCUT2D eigenvalue weighted by Crippen LogP contribution is -2.11. The van der Waals surface area contributed by atoms with E-state index in [1.165, 1.54) is 12.2 Å². The number of thioether (sulfide) groups is 1. The van der Waals surface area contributed by atoms with Crippen molar-refractivity contribution in [3.63, 3.8) is 0 Å². The number of anilines is 2. The molecule has 3 nitrogen and oxygen atoms in total. The number of hydrogen-bond donors (Lipinski definition) is 2. The van der Waals surface area contributed by atoms with Gasteiger partial charge in [0.1, 0.15) is 0 Å². The van der Waals surface area contributed by atoms with Crippen LogP contribution in [-0.2, 0) is 4.79 Å². The predicted molar refractivity (Wildman–Crippen MR) is 85.5 cm³/mol. The van der Waals surface area contributed by atoms with Crippen molar-refractivity contribution in [3.8, 4) is 0 Å². The highest BCUT2D eigenvalue weighted by Crippen LogP contribution is 2.13. The molecule has 1 aromatic rings. The zero-order valence-corrected chi connectivity index (χ0v) is 12.6. The van der Waals surface area contributed by atoms with Crippen molar-refractivity contribution < 1.29 is 4.79 Å². The number of hydrogen-bond acceptors (Lipinski definition) is 3. The number of rotatable bonds is 8. The first-order valence-corrected chi connectivity index (χ1v) is 7.96. The number of nitrogens with two attached hydrogens (primary N) is 1. The number of amides is 1. The van der Waals surface area contributed by atoms with Crippen molar-refractivity contribution in [2.75, 3.05) is 22.6 Å². The van der Waals surface area contributed by atoms with Gasteiger partial charge >= 0.3 is 0 Å². The molecule has 4 heteroatoms. The van der Waals surface area contributed by atoms with Crippen molar-refractivity contribution in [2.24, 2.45) is 5.92 Å². The highest BCUT2D eigenvalue weighted by atomic mass is 32.2. The lowest BCUT2D eigenvalue weighted by atomic mass is 10.2. The van der Waals surface area contributed by atoms with Gasteiger partial charge in [-0.15, -0.1) is 0 Å². The monoisotopic (exact) mass is 280 g/mol. The molecule has 0 heterocycles. The molecule has 0 bridgehead atoms. The molecule has 0 aliphatic heterocycles. The topological polar surface area (TPSA) is 55.1 Å². The van der Waals surface area contributed by atoms with Crippen LogP contribution >= 0.6 is 11.8 Å². The molecule has 19 heavy (non-hydrogen) atoms. The Balaban J connectivity index is 2.11. The van der Waals surface area contributed by atoms with Crippen LogP contribution in [0.4, 0.5) is 11.4 Å². The van der Waals surface area contributed by atoms with Crippen LogP contribution < -0.4 is 11.1 Å². The van der Waals surface area contributed by atoms with E-state index in [9.17, 15) is 4.79 Å². The third-order valence-electron chi connectivity index (χ3n) is 2.70. The fourth-order valence-corrected chi connectivity index (χ4v) is 2.79. The summed E-state index contributed by atoms with van der Waals surface area (Å²) in [5.41, 5.74) is 7.10. The van der Waals surface area contributed by atoms with Gasteiger partial charge in [-0.1, -0.05) is 19.9 Å². The quantitative estimate of drug-likeness (QED) is 0.563. The Kier molecular flexibility index (Phi) is 7.41. The maximum atomic E-state index is 11.7. The van der Waals surface area contributed by atoms with E-state index in [0.717, 1.165) is 23.8 Å². The SMILES string of the molecule is CC(C)CCSCCCC(=O)Nc1cccc(N)c1. The van der Waals surface area contributed by atoms with E-state index in [1.807, 2.05) is 23.9 Å². The Bertz CT molecular complexity index is 393. The summed E-state index contributed by atoms with van der Waals surface area (Å²) in [4.78, 5) is 11.7. The van der Waals surface area contributed by atoms with Gasteiger partial charge in [0.15, 0.2) is 0 Å². The van der Waals surface area contributed by atoms with Gasteiger partial charge in [0.2, 0.25) is 5.91 Å². The van der Waals surface area contributed by atoms with E-state index in [1.54, 1.807) is 12.1 Å². The lowest BCUT2D eigenvalue weighted by Gasteiger charge is -2.06. The Hall–Kier alpha value is -1.16. The minimum atomic E-state index is 0.0649. The smallest absolute Gasteiger partial charge is 0.224 e. The molecule has 0 aromatic heterocycles. The standard InChI is InChI=1S/C15H24N2OS/c1-12(2)8-10-19-9-4-7-15(18)17-14-6-3-5-13(16)11-14/h3,5-6,11-12H,4,7-10,16H2,1-2H3,(H,17,18). The zero-order valence-electron chi connectivity index (χ0n) is 11.8. The summed E-state index contributed by atoms with van der Waals surface area (Å²) >= 11 is 1.93. The molecule has 0 atom stereocenters. The van der Waals surface area contributed by atoms with E-state index in [4.69, 9.17) is 5.73 Å². The van der Waals surface area contributed by atoms with Crippen LogP contribution in [-0.4, -0.2) is 17.4 Å². The van der Waals surface area contributed by atoms with Gasteiger partial charge in [-0.05, 0) is 48.5 Å². The molecule has 1 aromatic carbocycles. The van der Waals surface area contributed by atoms with E-state index in [-0.39, 0.29) is 5.91 Å². The summed E-state index contributed by atoms with van der Waals surface area (Å²) < 4.78 is 0. The van der Waals surface area contributed by atoms with Gasteiger partial charge in [-0.2, -0.15) is 11.8 Å². The van der Waals surface area contributed by atoms with Gasteiger partial charge in [0, 0.05) is 17.8 Å². The van der Waals surface area contributed by atoms with Gasteiger partial charge in [-0.3, -0.25) is 4.79 Å². The predicted octanol–water partition coefficient (Wildman–Crippen LogP) is 3.77. The molecular formula is C15H24N2OS. The van der Waals surface area contributed by atoms with Crippen LogP contribution in [0.3, 0.4) is 0 Å². The molecule has 1 amide bonds. The molecule has 106 valence electrons. The van der Waals surface area contributed by atoms with Crippen molar-refractivity contribution in [3.05, 3.63) is 24.3 Å². The Labute approximate surface area is 120 Å². The number of carbonyl (C=O) groups excluding carboxylic acids is 1. The average molecular weight is 280 g/mol. The van der Waals surface area contributed by atoms with Gasteiger partial charge in [-0.25, -0.2) is 0 Å². The second kappa shape index (κ2) is 8.86. The van der Waals surface area contributed by atoms with Gasteiger partial charge in [0.05, 0.1) is 0 Å². The first-order valence-electron chi connectivity index (χ1n) is 6.81. The maximum Gasteiger partial charge on any atom is 0.224 e.